The summed E-state index contributed by atoms with van der Waals surface area (Å²) in [6.45, 7) is 1.99. The second kappa shape index (κ2) is 3.84. The second-order valence-corrected chi connectivity index (χ2v) is 3.79. The lowest BCUT2D eigenvalue weighted by Crippen LogP contribution is -2.60. The number of aryl methyl sites for hydroxylation is 1. The van der Waals surface area contributed by atoms with E-state index >= 15 is 0 Å². The number of hydrogen-bond donors (Lipinski definition) is 1. The first kappa shape index (κ1) is 10.5. The van der Waals surface area contributed by atoms with Crippen LogP contribution in [0.25, 0.3) is 0 Å². The molecule has 0 spiro atoms. The highest BCUT2D eigenvalue weighted by Crippen LogP contribution is 2.19. The Kier molecular flexibility index (Phi) is 2.52. The van der Waals surface area contributed by atoms with Gasteiger partial charge in [-0.2, -0.15) is 0 Å². The van der Waals surface area contributed by atoms with Gasteiger partial charge in [0.05, 0.1) is 5.69 Å². The van der Waals surface area contributed by atoms with E-state index in [-0.39, 0.29) is 18.5 Å². The summed E-state index contributed by atoms with van der Waals surface area (Å²) < 4.78 is 0. The van der Waals surface area contributed by atoms with Gasteiger partial charge in [-0.15, -0.1) is 0 Å². The van der Waals surface area contributed by atoms with Crippen molar-refractivity contribution < 1.29 is 9.59 Å². The Balaban J connectivity index is 2.31. The average Bonchev–Trinajstić information content (AvgIpc) is 2.25. The van der Waals surface area contributed by atoms with Gasteiger partial charge in [0.15, 0.2) is 0 Å². The molecule has 1 fully saturated rings. The maximum atomic E-state index is 11.8. The summed E-state index contributed by atoms with van der Waals surface area (Å²) in [5, 5.41) is 1.30. The number of hydrogen-bond acceptors (Lipinski definition) is 2. The van der Waals surface area contributed by atoms with Gasteiger partial charge in [0, 0.05) is 7.05 Å². The SMILES string of the molecule is Cc1ccccc1N1NC(=O)N(C)CC1=O. The first-order valence-corrected chi connectivity index (χ1v) is 5.00. The monoisotopic (exact) mass is 219 g/mol. The minimum atomic E-state index is -0.275. The standard InChI is InChI=1S/C11H13N3O2/c1-8-5-3-4-6-9(8)14-10(15)7-13(2)11(16)12-14/h3-6H,7H2,1-2H3,(H,12,16). The van der Waals surface area contributed by atoms with Crippen LogP contribution in [0.4, 0.5) is 10.5 Å². The molecule has 1 aromatic carbocycles. The molecule has 1 aromatic rings. The van der Waals surface area contributed by atoms with Crippen molar-refractivity contribution in [2.75, 3.05) is 18.6 Å². The molecule has 84 valence electrons. The van der Waals surface area contributed by atoms with E-state index < -0.39 is 0 Å². The van der Waals surface area contributed by atoms with E-state index in [9.17, 15) is 9.59 Å². The number of carbonyl (C=O) groups is 2. The van der Waals surface area contributed by atoms with Crippen LogP contribution in [0.15, 0.2) is 24.3 Å². The van der Waals surface area contributed by atoms with Crippen molar-refractivity contribution in [1.82, 2.24) is 10.3 Å². The zero-order valence-corrected chi connectivity index (χ0v) is 9.23. The number of rotatable bonds is 1. The fraction of sp³-hybridized carbons (Fsp3) is 0.273. The van der Waals surface area contributed by atoms with Crippen LogP contribution in [0.2, 0.25) is 0 Å². The summed E-state index contributed by atoms with van der Waals surface area (Å²) in [5.41, 5.74) is 4.21. The van der Waals surface area contributed by atoms with E-state index in [0.717, 1.165) is 5.56 Å². The minimum absolute atomic E-state index is 0.0974. The number of nitrogens with one attached hydrogen (secondary N) is 1. The Morgan fingerprint density at radius 2 is 1.94 bits per heavy atom. The Bertz CT molecular complexity index is 445. The lowest BCUT2D eigenvalue weighted by Gasteiger charge is -2.33. The number of benzene rings is 1. The van der Waals surface area contributed by atoms with Gasteiger partial charge < -0.3 is 4.90 Å². The highest BCUT2D eigenvalue weighted by molar-refractivity contribution is 6.02. The zero-order valence-electron chi connectivity index (χ0n) is 9.23. The average molecular weight is 219 g/mol. The van der Waals surface area contributed by atoms with Crippen LogP contribution < -0.4 is 10.4 Å². The molecule has 1 aliphatic rings. The predicted octanol–water partition coefficient (Wildman–Crippen LogP) is 0.898. The molecule has 16 heavy (non-hydrogen) atoms. The van der Waals surface area contributed by atoms with Gasteiger partial charge in [-0.1, -0.05) is 18.2 Å². The molecule has 0 bridgehead atoms. The van der Waals surface area contributed by atoms with E-state index in [1.54, 1.807) is 13.1 Å². The fourth-order valence-corrected chi connectivity index (χ4v) is 1.60. The Hall–Kier alpha value is -2.04. The molecule has 1 aliphatic heterocycles. The van der Waals surface area contributed by atoms with E-state index in [0.29, 0.717) is 5.69 Å². The number of carbonyl (C=O) groups excluding carboxylic acids is 2. The summed E-state index contributed by atoms with van der Waals surface area (Å²) in [6.07, 6.45) is 0. The third kappa shape index (κ3) is 1.71. The van der Waals surface area contributed by atoms with E-state index in [1.165, 1.54) is 9.91 Å². The molecular formula is C11H13N3O2. The van der Waals surface area contributed by atoms with Gasteiger partial charge in [-0.25, -0.2) is 15.2 Å². The number of anilines is 1. The van der Waals surface area contributed by atoms with E-state index in [1.807, 2.05) is 25.1 Å². The summed E-state index contributed by atoms with van der Waals surface area (Å²) >= 11 is 0. The molecule has 0 aliphatic carbocycles. The van der Waals surface area contributed by atoms with Crippen LogP contribution in [0.5, 0.6) is 0 Å². The third-order valence-electron chi connectivity index (χ3n) is 2.53. The lowest BCUT2D eigenvalue weighted by atomic mass is 10.2. The van der Waals surface area contributed by atoms with Crippen LogP contribution in [-0.2, 0) is 4.79 Å². The Morgan fingerprint density at radius 1 is 1.25 bits per heavy atom. The minimum Gasteiger partial charge on any atom is -0.317 e. The third-order valence-corrected chi connectivity index (χ3v) is 2.53. The van der Waals surface area contributed by atoms with Gasteiger partial charge in [0.1, 0.15) is 6.54 Å². The number of likely N-dealkylation sites (N-methyl/N-ethyl adjacent to an activating group) is 1. The largest absolute Gasteiger partial charge is 0.336 e. The predicted molar refractivity (Wildman–Crippen MR) is 59.8 cm³/mol. The number of para-hydroxylation sites is 1. The van der Waals surface area contributed by atoms with Crippen molar-refractivity contribution in [2.45, 2.75) is 6.92 Å². The smallest absolute Gasteiger partial charge is 0.317 e. The fourth-order valence-electron chi connectivity index (χ4n) is 1.60. The van der Waals surface area contributed by atoms with E-state index in [2.05, 4.69) is 5.43 Å². The molecule has 0 atom stereocenters. The molecule has 1 heterocycles. The Morgan fingerprint density at radius 3 is 2.62 bits per heavy atom. The van der Waals surface area contributed by atoms with Gasteiger partial charge in [-0.3, -0.25) is 4.79 Å². The molecule has 0 saturated carbocycles. The molecule has 0 unspecified atom stereocenters. The van der Waals surface area contributed by atoms with Gasteiger partial charge in [-0.05, 0) is 18.6 Å². The molecule has 0 radical (unpaired) electrons. The summed E-state index contributed by atoms with van der Waals surface area (Å²) in [7, 11) is 1.59. The van der Waals surface area contributed by atoms with Crippen LogP contribution in [0.3, 0.4) is 0 Å². The van der Waals surface area contributed by atoms with Gasteiger partial charge >= 0.3 is 6.03 Å². The molecule has 5 heteroatoms. The normalized spacial score (nSPS) is 16.4. The van der Waals surface area contributed by atoms with Gasteiger partial charge in [0.25, 0.3) is 5.91 Å². The van der Waals surface area contributed by atoms with Crippen molar-refractivity contribution in [3.8, 4) is 0 Å². The zero-order chi connectivity index (χ0) is 11.7. The highest BCUT2D eigenvalue weighted by atomic mass is 16.2. The molecule has 2 rings (SSSR count). The maximum Gasteiger partial charge on any atom is 0.336 e. The summed E-state index contributed by atoms with van der Waals surface area (Å²) in [5.74, 6) is -0.142. The van der Waals surface area contributed by atoms with Crippen LogP contribution in [0.1, 0.15) is 5.56 Å². The highest BCUT2D eigenvalue weighted by Gasteiger charge is 2.28. The lowest BCUT2D eigenvalue weighted by molar-refractivity contribution is -0.120. The van der Waals surface area contributed by atoms with Crippen molar-refractivity contribution in [1.29, 1.82) is 0 Å². The first-order chi connectivity index (χ1) is 7.59. The first-order valence-electron chi connectivity index (χ1n) is 5.00. The second-order valence-electron chi connectivity index (χ2n) is 3.79. The van der Waals surface area contributed by atoms with Gasteiger partial charge in [0.2, 0.25) is 0 Å². The van der Waals surface area contributed by atoms with Crippen molar-refractivity contribution in [3.05, 3.63) is 29.8 Å². The maximum absolute atomic E-state index is 11.8. The molecule has 5 nitrogen and oxygen atoms in total. The molecular weight excluding hydrogens is 206 g/mol. The molecule has 0 aromatic heterocycles. The van der Waals surface area contributed by atoms with Crippen LogP contribution in [0, 0.1) is 6.92 Å². The number of amides is 3. The molecule has 3 amide bonds. The van der Waals surface area contributed by atoms with Crippen LogP contribution >= 0.6 is 0 Å². The number of urea groups is 1. The van der Waals surface area contributed by atoms with E-state index in [4.69, 9.17) is 0 Å². The number of nitrogens with zero attached hydrogens (tertiary/aromatic N) is 2. The molecule has 1 saturated heterocycles. The van der Waals surface area contributed by atoms with Crippen molar-refractivity contribution in [3.63, 3.8) is 0 Å². The summed E-state index contributed by atoms with van der Waals surface area (Å²) in [6, 6.07) is 7.15. The van der Waals surface area contributed by atoms with Crippen molar-refractivity contribution in [2.24, 2.45) is 0 Å². The number of hydrazine groups is 1. The van der Waals surface area contributed by atoms with Crippen LogP contribution in [-0.4, -0.2) is 30.4 Å². The summed E-state index contributed by atoms with van der Waals surface area (Å²) in [4.78, 5) is 24.6. The molecule has 1 N–H and O–H groups in total. The van der Waals surface area contributed by atoms with Crippen molar-refractivity contribution >= 4 is 17.6 Å². The topological polar surface area (TPSA) is 52.7 Å². The quantitative estimate of drug-likeness (QED) is 0.763. The Labute approximate surface area is 93.6 Å².